The fraction of sp³-hybridized carbons (Fsp3) is 0.235. The summed E-state index contributed by atoms with van der Waals surface area (Å²) in [5.41, 5.74) is 1.83. The van der Waals surface area contributed by atoms with Gasteiger partial charge in [0.15, 0.2) is 6.29 Å². The van der Waals surface area contributed by atoms with Gasteiger partial charge in [0.2, 0.25) is 0 Å². The summed E-state index contributed by atoms with van der Waals surface area (Å²) in [6.45, 7) is 6.50. The second-order valence-corrected chi connectivity index (χ2v) is 6.08. The van der Waals surface area contributed by atoms with Crippen LogP contribution in [0, 0.1) is 0 Å². The van der Waals surface area contributed by atoms with Gasteiger partial charge in [0.1, 0.15) is 11.5 Å². The molecule has 0 unspecified atom stereocenters. The molecule has 2 rings (SSSR count). The Labute approximate surface area is 124 Å². The zero-order valence-electron chi connectivity index (χ0n) is 11.8. The van der Waals surface area contributed by atoms with Gasteiger partial charge in [-0.15, -0.1) is 0 Å². The van der Waals surface area contributed by atoms with E-state index in [0.29, 0.717) is 16.3 Å². The lowest BCUT2D eigenvalue weighted by Gasteiger charge is -2.19. The molecule has 0 heterocycles. The van der Waals surface area contributed by atoms with E-state index in [9.17, 15) is 4.79 Å². The normalized spacial score (nSPS) is 11.2. The van der Waals surface area contributed by atoms with Crippen LogP contribution >= 0.6 is 11.6 Å². The van der Waals surface area contributed by atoms with Crippen molar-refractivity contribution in [2.24, 2.45) is 0 Å². The second-order valence-electron chi connectivity index (χ2n) is 5.68. The summed E-state index contributed by atoms with van der Waals surface area (Å²) in [5, 5.41) is 0.392. The summed E-state index contributed by atoms with van der Waals surface area (Å²) < 4.78 is 5.73. The van der Waals surface area contributed by atoms with E-state index in [4.69, 9.17) is 16.3 Å². The van der Waals surface area contributed by atoms with Gasteiger partial charge >= 0.3 is 0 Å². The van der Waals surface area contributed by atoms with Crippen molar-refractivity contribution < 1.29 is 9.53 Å². The van der Waals surface area contributed by atoms with Gasteiger partial charge in [0.05, 0.1) is 5.02 Å². The summed E-state index contributed by atoms with van der Waals surface area (Å²) in [6, 6.07) is 13.0. The number of hydrogen-bond acceptors (Lipinski definition) is 2. The van der Waals surface area contributed by atoms with E-state index in [-0.39, 0.29) is 5.41 Å². The molecular weight excluding hydrogens is 272 g/mol. The number of aldehydes is 1. The van der Waals surface area contributed by atoms with Gasteiger partial charge in [-0.2, -0.15) is 0 Å². The van der Waals surface area contributed by atoms with E-state index in [0.717, 1.165) is 12.0 Å². The third kappa shape index (κ3) is 3.40. The topological polar surface area (TPSA) is 26.3 Å². The standard InChI is InChI=1S/C17H17ClO2/c1-17(2,3)13-5-8-14(9-6-13)20-15-7-4-12(11-19)16(18)10-15/h4-11H,1-3H3. The average Bonchev–Trinajstić information content (AvgIpc) is 2.38. The van der Waals surface area contributed by atoms with Gasteiger partial charge in [0, 0.05) is 11.6 Å². The zero-order chi connectivity index (χ0) is 14.8. The maximum Gasteiger partial charge on any atom is 0.151 e. The summed E-state index contributed by atoms with van der Waals surface area (Å²) in [6.07, 6.45) is 0.726. The van der Waals surface area contributed by atoms with E-state index >= 15 is 0 Å². The maximum atomic E-state index is 10.7. The fourth-order valence-corrected chi connectivity index (χ4v) is 2.04. The van der Waals surface area contributed by atoms with Crippen molar-refractivity contribution in [3.8, 4) is 11.5 Å². The molecule has 0 saturated heterocycles. The highest BCUT2D eigenvalue weighted by Gasteiger charge is 2.13. The van der Waals surface area contributed by atoms with Crippen molar-refractivity contribution in [2.75, 3.05) is 0 Å². The van der Waals surface area contributed by atoms with Crippen LogP contribution in [0.2, 0.25) is 5.02 Å². The molecule has 104 valence electrons. The third-order valence-corrected chi connectivity index (χ3v) is 3.38. The van der Waals surface area contributed by atoms with Gasteiger partial charge in [-0.3, -0.25) is 4.79 Å². The molecule has 0 spiro atoms. The summed E-state index contributed by atoms with van der Waals surface area (Å²) in [4.78, 5) is 10.7. The first-order chi connectivity index (χ1) is 9.40. The first kappa shape index (κ1) is 14.6. The molecule has 0 bridgehead atoms. The number of benzene rings is 2. The minimum absolute atomic E-state index is 0.118. The van der Waals surface area contributed by atoms with E-state index in [2.05, 4.69) is 32.9 Å². The number of carbonyl (C=O) groups excluding carboxylic acids is 1. The Balaban J connectivity index is 2.18. The molecule has 0 aromatic heterocycles. The number of carbonyl (C=O) groups is 1. The van der Waals surface area contributed by atoms with Crippen LogP contribution in [-0.4, -0.2) is 6.29 Å². The molecule has 0 aliphatic carbocycles. The molecule has 0 N–H and O–H groups in total. The van der Waals surface area contributed by atoms with Crippen molar-refractivity contribution in [3.05, 3.63) is 58.6 Å². The first-order valence-corrected chi connectivity index (χ1v) is 6.81. The highest BCUT2D eigenvalue weighted by Crippen LogP contribution is 2.28. The highest BCUT2D eigenvalue weighted by molar-refractivity contribution is 6.33. The van der Waals surface area contributed by atoms with Crippen molar-refractivity contribution in [1.29, 1.82) is 0 Å². The monoisotopic (exact) mass is 288 g/mol. The van der Waals surface area contributed by atoms with Gasteiger partial charge < -0.3 is 4.74 Å². The van der Waals surface area contributed by atoms with Crippen molar-refractivity contribution in [1.82, 2.24) is 0 Å². The second kappa shape index (κ2) is 5.68. The van der Waals surface area contributed by atoms with E-state index < -0.39 is 0 Å². The Bertz CT molecular complexity index is 610. The first-order valence-electron chi connectivity index (χ1n) is 6.43. The lowest BCUT2D eigenvalue weighted by Crippen LogP contribution is -2.10. The molecule has 0 saturated carbocycles. The molecule has 2 aromatic rings. The van der Waals surface area contributed by atoms with Gasteiger partial charge in [-0.25, -0.2) is 0 Å². The molecule has 2 nitrogen and oxygen atoms in total. The number of hydrogen-bond donors (Lipinski definition) is 0. The molecular formula is C17H17ClO2. The number of ether oxygens (including phenoxy) is 1. The molecule has 2 aromatic carbocycles. The van der Waals surface area contributed by atoms with E-state index in [1.54, 1.807) is 18.2 Å². The molecule has 20 heavy (non-hydrogen) atoms. The third-order valence-electron chi connectivity index (χ3n) is 3.05. The van der Waals surface area contributed by atoms with Crippen LogP contribution in [0.5, 0.6) is 11.5 Å². The van der Waals surface area contributed by atoms with Crippen LogP contribution in [0.25, 0.3) is 0 Å². The van der Waals surface area contributed by atoms with E-state index in [1.807, 2.05) is 12.1 Å². The quantitative estimate of drug-likeness (QED) is 0.722. The minimum Gasteiger partial charge on any atom is -0.457 e. The van der Waals surface area contributed by atoms with Crippen LogP contribution in [0.4, 0.5) is 0 Å². The fourth-order valence-electron chi connectivity index (χ4n) is 1.83. The van der Waals surface area contributed by atoms with Crippen LogP contribution in [0.15, 0.2) is 42.5 Å². The van der Waals surface area contributed by atoms with Crippen molar-refractivity contribution in [2.45, 2.75) is 26.2 Å². The van der Waals surface area contributed by atoms with Crippen LogP contribution in [0.1, 0.15) is 36.7 Å². The Morgan fingerprint density at radius 3 is 2.10 bits per heavy atom. The Morgan fingerprint density at radius 1 is 1.00 bits per heavy atom. The Hall–Kier alpha value is -1.80. The van der Waals surface area contributed by atoms with Crippen molar-refractivity contribution in [3.63, 3.8) is 0 Å². The lowest BCUT2D eigenvalue weighted by atomic mass is 9.87. The molecule has 0 atom stereocenters. The smallest absolute Gasteiger partial charge is 0.151 e. The number of rotatable bonds is 3. The van der Waals surface area contributed by atoms with Crippen molar-refractivity contribution >= 4 is 17.9 Å². The SMILES string of the molecule is CC(C)(C)c1ccc(Oc2ccc(C=O)c(Cl)c2)cc1. The van der Waals surface area contributed by atoms with E-state index in [1.165, 1.54) is 5.56 Å². The minimum atomic E-state index is 0.118. The predicted molar refractivity (Wildman–Crippen MR) is 82.1 cm³/mol. The lowest BCUT2D eigenvalue weighted by molar-refractivity contribution is 0.112. The largest absolute Gasteiger partial charge is 0.457 e. The Kier molecular flexibility index (Phi) is 4.15. The van der Waals surface area contributed by atoms with Gasteiger partial charge in [-0.1, -0.05) is 44.5 Å². The number of halogens is 1. The maximum absolute atomic E-state index is 10.7. The summed E-state index contributed by atoms with van der Waals surface area (Å²) >= 11 is 5.97. The molecule has 0 radical (unpaired) electrons. The highest BCUT2D eigenvalue weighted by atomic mass is 35.5. The summed E-state index contributed by atoms with van der Waals surface area (Å²) in [7, 11) is 0. The predicted octanol–water partition coefficient (Wildman–Crippen LogP) is 5.24. The molecule has 0 amide bonds. The Morgan fingerprint density at radius 2 is 1.60 bits per heavy atom. The summed E-state index contributed by atoms with van der Waals surface area (Å²) in [5.74, 6) is 1.36. The zero-order valence-corrected chi connectivity index (χ0v) is 12.6. The molecule has 0 fully saturated rings. The van der Waals surface area contributed by atoms with Crippen LogP contribution in [0.3, 0.4) is 0 Å². The molecule has 3 heteroatoms. The molecule has 0 aliphatic heterocycles. The molecule has 0 aliphatic rings. The van der Waals surface area contributed by atoms with Crippen LogP contribution in [-0.2, 0) is 5.41 Å². The van der Waals surface area contributed by atoms with Gasteiger partial charge in [-0.05, 0) is 35.2 Å². The van der Waals surface area contributed by atoms with Gasteiger partial charge in [0.25, 0.3) is 0 Å². The van der Waals surface area contributed by atoms with Crippen LogP contribution < -0.4 is 4.74 Å². The average molecular weight is 289 g/mol.